The molecule has 4 nitrogen and oxygen atoms in total. The summed E-state index contributed by atoms with van der Waals surface area (Å²) in [4.78, 5) is 22.2. The van der Waals surface area contributed by atoms with Gasteiger partial charge in [0.1, 0.15) is 6.10 Å². The smallest absolute Gasteiger partial charge is 0.336 e. The van der Waals surface area contributed by atoms with Crippen LogP contribution in [0.4, 0.5) is 0 Å². The van der Waals surface area contributed by atoms with E-state index in [4.69, 9.17) is 9.84 Å². The normalized spacial score (nSPS) is 11.9. The molecule has 18 heavy (non-hydrogen) atoms. The van der Waals surface area contributed by atoms with Crippen LogP contribution in [0.5, 0.6) is 0 Å². The van der Waals surface area contributed by atoms with Gasteiger partial charge >= 0.3 is 11.9 Å². The monoisotopic (exact) mass is 250 g/mol. The van der Waals surface area contributed by atoms with Gasteiger partial charge in [-0.3, -0.25) is 4.79 Å². The first kappa shape index (κ1) is 14.2. The topological polar surface area (TPSA) is 63.6 Å². The first-order chi connectivity index (χ1) is 8.56. The predicted molar refractivity (Wildman–Crippen MR) is 67.4 cm³/mol. The summed E-state index contributed by atoms with van der Waals surface area (Å²) in [6.45, 7) is 3.37. The number of hydrogen-bond acceptors (Lipinski definition) is 3. The van der Waals surface area contributed by atoms with Crippen molar-refractivity contribution in [1.82, 2.24) is 0 Å². The van der Waals surface area contributed by atoms with Gasteiger partial charge < -0.3 is 9.84 Å². The van der Waals surface area contributed by atoms with Gasteiger partial charge in [0.15, 0.2) is 0 Å². The van der Waals surface area contributed by atoms with Gasteiger partial charge in [0.25, 0.3) is 0 Å². The molecule has 0 unspecified atom stereocenters. The van der Waals surface area contributed by atoms with Gasteiger partial charge in [0, 0.05) is 12.5 Å². The lowest BCUT2D eigenvalue weighted by molar-refractivity contribution is -0.147. The van der Waals surface area contributed by atoms with E-state index in [1.807, 2.05) is 6.92 Å². The minimum atomic E-state index is -1.00. The highest BCUT2D eigenvalue weighted by Gasteiger charge is 2.20. The van der Waals surface area contributed by atoms with Crippen molar-refractivity contribution in [3.8, 4) is 0 Å². The van der Waals surface area contributed by atoms with Crippen LogP contribution in [-0.4, -0.2) is 17.0 Å². The fourth-order valence-corrected chi connectivity index (χ4v) is 1.84. The molecule has 1 aromatic rings. The van der Waals surface area contributed by atoms with Crippen molar-refractivity contribution in [3.63, 3.8) is 0 Å². The summed E-state index contributed by atoms with van der Waals surface area (Å²) in [7, 11) is 0. The summed E-state index contributed by atoms with van der Waals surface area (Å²) < 4.78 is 5.23. The van der Waals surface area contributed by atoms with E-state index >= 15 is 0 Å². The van der Waals surface area contributed by atoms with Crippen molar-refractivity contribution >= 4 is 11.9 Å². The minimum absolute atomic E-state index is 0.194. The SMILES string of the molecule is CCCC[C@@H](OC(C)=O)c1ccccc1C(=O)O. The van der Waals surface area contributed by atoms with Gasteiger partial charge in [-0.25, -0.2) is 4.79 Å². The number of carboxylic acid groups (broad SMARTS) is 1. The lowest BCUT2D eigenvalue weighted by Crippen LogP contribution is -2.13. The third-order valence-electron chi connectivity index (χ3n) is 2.67. The number of carbonyl (C=O) groups excluding carboxylic acids is 1. The quantitative estimate of drug-likeness (QED) is 0.787. The summed E-state index contributed by atoms with van der Waals surface area (Å²) in [6, 6.07) is 6.65. The van der Waals surface area contributed by atoms with Crippen LogP contribution in [0, 0.1) is 0 Å². The molecule has 1 atom stereocenters. The molecule has 0 bridgehead atoms. The maximum Gasteiger partial charge on any atom is 0.336 e. The molecule has 0 aliphatic carbocycles. The molecule has 0 radical (unpaired) electrons. The van der Waals surface area contributed by atoms with Gasteiger partial charge in [0.2, 0.25) is 0 Å². The molecule has 0 aliphatic rings. The lowest BCUT2D eigenvalue weighted by Gasteiger charge is -2.18. The minimum Gasteiger partial charge on any atom is -0.478 e. The molecule has 0 saturated heterocycles. The number of carboxylic acids is 1. The zero-order valence-corrected chi connectivity index (χ0v) is 10.7. The van der Waals surface area contributed by atoms with Gasteiger partial charge in [-0.1, -0.05) is 31.5 Å². The Morgan fingerprint density at radius 1 is 1.33 bits per heavy atom. The Kier molecular flexibility index (Phi) is 5.36. The molecule has 0 aliphatic heterocycles. The molecule has 0 aromatic heterocycles. The summed E-state index contributed by atoms with van der Waals surface area (Å²) in [5.41, 5.74) is 0.758. The van der Waals surface area contributed by atoms with E-state index < -0.39 is 18.0 Å². The Balaban J connectivity index is 3.03. The average Bonchev–Trinajstić information content (AvgIpc) is 2.34. The second kappa shape index (κ2) is 6.79. The third-order valence-corrected chi connectivity index (χ3v) is 2.67. The Hall–Kier alpha value is -1.84. The van der Waals surface area contributed by atoms with Crippen LogP contribution in [0.25, 0.3) is 0 Å². The van der Waals surface area contributed by atoms with Crippen molar-refractivity contribution in [2.45, 2.75) is 39.2 Å². The van der Waals surface area contributed by atoms with E-state index in [0.29, 0.717) is 12.0 Å². The molecule has 0 amide bonds. The number of hydrogen-bond donors (Lipinski definition) is 1. The Morgan fingerprint density at radius 3 is 2.56 bits per heavy atom. The van der Waals surface area contributed by atoms with E-state index in [1.165, 1.54) is 13.0 Å². The molecular formula is C14H18O4. The number of aromatic carboxylic acids is 1. The number of benzene rings is 1. The van der Waals surface area contributed by atoms with E-state index in [1.54, 1.807) is 18.2 Å². The molecule has 1 N–H and O–H groups in total. The highest BCUT2D eigenvalue weighted by Crippen LogP contribution is 2.26. The second-order valence-electron chi connectivity index (χ2n) is 4.13. The molecule has 98 valence electrons. The van der Waals surface area contributed by atoms with Crippen LogP contribution in [0.2, 0.25) is 0 Å². The van der Waals surface area contributed by atoms with Gasteiger partial charge in [0.05, 0.1) is 5.56 Å². The van der Waals surface area contributed by atoms with Crippen LogP contribution >= 0.6 is 0 Å². The number of rotatable bonds is 6. The zero-order valence-electron chi connectivity index (χ0n) is 10.7. The average molecular weight is 250 g/mol. The Morgan fingerprint density at radius 2 is 2.00 bits per heavy atom. The zero-order chi connectivity index (χ0) is 13.5. The van der Waals surface area contributed by atoms with E-state index in [0.717, 1.165) is 12.8 Å². The van der Waals surface area contributed by atoms with Crippen LogP contribution in [0.3, 0.4) is 0 Å². The van der Waals surface area contributed by atoms with Crippen LogP contribution in [0.15, 0.2) is 24.3 Å². The standard InChI is InChI=1S/C14H18O4/c1-3-4-9-13(18-10(2)15)11-7-5-6-8-12(11)14(16)17/h5-8,13H,3-4,9H2,1-2H3,(H,16,17)/t13-/m1/s1. The van der Waals surface area contributed by atoms with Crippen LogP contribution in [-0.2, 0) is 9.53 Å². The lowest BCUT2D eigenvalue weighted by atomic mass is 9.98. The largest absolute Gasteiger partial charge is 0.478 e. The molecule has 0 spiro atoms. The Bertz CT molecular complexity index is 426. The van der Waals surface area contributed by atoms with Crippen molar-refractivity contribution < 1.29 is 19.4 Å². The summed E-state index contributed by atoms with van der Waals surface area (Å²) in [5.74, 6) is -1.39. The van der Waals surface area contributed by atoms with E-state index in [-0.39, 0.29) is 5.56 Å². The first-order valence-electron chi connectivity index (χ1n) is 6.05. The maximum atomic E-state index is 11.1. The van der Waals surface area contributed by atoms with Crippen LogP contribution in [0.1, 0.15) is 55.1 Å². The summed E-state index contributed by atoms with van der Waals surface area (Å²) in [6.07, 6.45) is 2.01. The van der Waals surface area contributed by atoms with E-state index in [2.05, 4.69) is 0 Å². The van der Waals surface area contributed by atoms with Crippen molar-refractivity contribution in [1.29, 1.82) is 0 Å². The predicted octanol–water partition coefficient (Wildman–Crippen LogP) is 3.18. The molecular weight excluding hydrogens is 232 g/mol. The fourth-order valence-electron chi connectivity index (χ4n) is 1.84. The molecule has 0 fully saturated rings. The fraction of sp³-hybridized carbons (Fsp3) is 0.429. The number of ether oxygens (including phenoxy) is 1. The second-order valence-corrected chi connectivity index (χ2v) is 4.13. The summed E-state index contributed by atoms with van der Waals surface area (Å²) in [5, 5.41) is 9.13. The Labute approximate surface area is 107 Å². The highest BCUT2D eigenvalue weighted by molar-refractivity contribution is 5.89. The maximum absolute atomic E-state index is 11.1. The van der Waals surface area contributed by atoms with Crippen molar-refractivity contribution in [2.24, 2.45) is 0 Å². The van der Waals surface area contributed by atoms with Crippen molar-refractivity contribution in [3.05, 3.63) is 35.4 Å². The molecule has 0 heterocycles. The van der Waals surface area contributed by atoms with Crippen molar-refractivity contribution in [2.75, 3.05) is 0 Å². The third kappa shape index (κ3) is 3.87. The molecule has 1 rings (SSSR count). The van der Waals surface area contributed by atoms with Gasteiger partial charge in [-0.15, -0.1) is 0 Å². The molecule has 4 heteroatoms. The summed E-state index contributed by atoms with van der Waals surface area (Å²) >= 11 is 0. The number of unbranched alkanes of at least 4 members (excludes halogenated alkanes) is 1. The van der Waals surface area contributed by atoms with Gasteiger partial charge in [-0.05, 0) is 18.9 Å². The molecule has 0 saturated carbocycles. The molecule has 1 aromatic carbocycles. The highest BCUT2D eigenvalue weighted by atomic mass is 16.5. The van der Waals surface area contributed by atoms with Gasteiger partial charge in [-0.2, -0.15) is 0 Å². The van der Waals surface area contributed by atoms with Crippen LogP contribution < -0.4 is 0 Å². The first-order valence-corrected chi connectivity index (χ1v) is 6.05. The number of esters is 1. The number of carbonyl (C=O) groups is 2. The van der Waals surface area contributed by atoms with E-state index in [9.17, 15) is 9.59 Å².